The molecule has 0 aliphatic rings. The SMILES string of the molecule is CC(C(=O)O)c1cn(C(C)C)c2c(O)cccc12. The smallest absolute Gasteiger partial charge is 0.310 e. The molecule has 1 aromatic heterocycles. The van der Waals surface area contributed by atoms with Gasteiger partial charge >= 0.3 is 5.97 Å². The summed E-state index contributed by atoms with van der Waals surface area (Å²) in [6.45, 7) is 5.66. The van der Waals surface area contributed by atoms with Crippen molar-refractivity contribution in [1.29, 1.82) is 0 Å². The van der Waals surface area contributed by atoms with Crippen molar-refractivity contribution in [2.45, 2.75) is 32.7 Å². The number of phenols is 1. The number of aliphatic carboxylic acids is 1. The average molecular weight is 247 g/mol. The van der Waals surface area contributed by atoms with Crippen LogP contribution in [0, 0.1) is 0 Å². The molecule has 0 aliphatic heterocycles. The molecular formula is C14H17NO3. The summed E-state index contributed by atoms with van der Waals surface area (Å²) in [6, 6.07) is 5.37. The first-order valence-corrected chi connectivity index (χ1v) is 5.98. The van der Waals surface area contributed by atoms with Crippen LogP contribution in [0.25, 0.3) is 10.9 Å². The largest absolute Gasteiger partial charge is 0.506 e. The van der Waals surface area contributed by atoms with Gasteiger partial charge in [-0.25, -0.2) is 0 Å². The van der Waals surface area contributed by atoms with Crippen LogP contribution in [-0.2, 0) is 4.79 Å². The first kappa shape index (κ1) is 12.5. The zero-order chi connectivity index (χ0) is 13.4. The van der Waals surface area contributed by atoms with Crippen molar-refractivity contribution in [2.24, 2.45) is 0 Å². The van der Waals surface area contributed by atoms with E-state index in [9.17, 15) is 9.90 Å². The van der Waals surface area contributed by atoms with E-state index >= 15 is 0 Å². The number of hydrogen-bond acceptors (Lipinski definition) is 2. The number of nitrogens with zero attached hydrogens (tertiary/aromatic N) is 1. The van der Waals surface area contributed by atoms with Crippen LogP contribution in [0.4, 0.5) is 0 Å². The number of aromatic hydroxyl groups is 1. The predicted molar refractivity (Wildman–Crippen MR) is 70.0 cm³/mol. The third kappa shape index (κ3) is 1.83. The third-order valence-electron chi connectivity index (χ3n) is 3.26. The molecule has 2 N–H and O–H groups in total. The molecule has 0 aliphatic carbocycles. The van der Waals surface area contributed by atoms with E-state index < -0.39 is 11.9 Å². The number of carboxylic acid groups (broad SMARTS) is 1. The van der Waals surface area contributed by atoms with Crippen LogP contribution in [0.5, 0.6) is 5.75 Å². The number of phenolic OH excluding ortho intramolecular Hbond substituents is 1. The lowest BCUT2D eigenvalue weighted by atomic mass is 10.0. The van der Waals surface area contributed by atoms with E-state index in [1.165, 1.54) is 0 Å². The average Bonchev–Trinajstić information content (AvgIpc) is 2.69. The van der Waals surface area contributed by atoms with Crippen LogP contribution in [0.15, 0.2) is 24.4 Å². The zero-order valence-corrected chi connectivity index (χ0v) is 10.7. The minimum atomic E-state index is -0.860. The van der Waals surface area contributed by atoms with Gasteiger partial charge in [-0.3, -0.25) is 4.79 Å². The Kier molecular flexibility index (Phi) is 3.03. The van der Waals surface area contributed by atoms with E-state index in [0.29, 0.717) is 5.52 Å². The number of benzene rings is 1. The number of fused-ring (bicyclic) bond motifs is 1. The Hall–Kier alpha value is -1.97. The highest BCUT2D eigenvalue weighted by Gasteiger charge is 2.21. The summed E-state index contributed by atoms with van der Waals surface area (Å²) < 4.78 is 1.92. The fourth-order valence-electron chi connectivity index (χ4n) is 2.20. The van der Waals surface area contributed by atoms with Gasteiger partial charge in [0.2, 0.25) is 0 Å². The molecule has 1 heterocycles. The number of aromatic nitrogens is 1. The van der Waals surface area contributed by atoms with Gasteiger partial charge in [0.15, 0.2) is 0 Å². The molecule has 0 saturated carbocycles. The Morgan fingerprint density at radius 3 is 2.50 bits per heavy atom. The number of rotatable bonds is 3. The molecule has 2 rings (SSSR count). The lowest BCUT2D eigenvalue weighted by Gasteiger charge is -2.09. The molecule has 0 saturated heterocycles. The summed E-state index contributed by atoms with van der Waals surface area (Å²) in [7, 11) is 0. The van der Waals surface area contributed by atoms with Crippen molar-refractivity contribution in [3.8, 4) is 5.75 Å². The lowest BCUT2D eigenvalue weighted by Crippen LogP contribution is -2.07. The van der Waals surface area contributed by atoms with Gasteiger partial charge in [0.05, 0.1) is 11.4 Å². The topological polar surface area (TPSA) is 62.5 Å². The van der Waals surface area contributed by atoms with Crippen LogP contribution in [0.3, 0.4) is 0 Å². The van der Waals surface area contributed by atoms with Crippen LogP contribution in [0.2, 0.25) is 0 Å². The maximum atomic E-state index is 11.1. The van der Waals surface area contributed by atoms with E-state index in [1.807, 2.05) is 30.7 Å². The second-order valence-electron chi connectivity index (χ2n) is 4.82. The highest BCUT2D eigenvalue weighted by Crippen LogP contribution is 2.34. The van der Waals surface area contributed by atoms with E-state index in [2.05, 4.69) is 0 Å². The minimum absolute atomic E-state index is 0.163. The summed E-state index contributed by atoms with van der Waals surface area (Å²) in [4.78, 5) is 11.1. The van der Waals surface area contributed by atoms with E-state index in [-0.39, 0.29) is 11.8 Å². The number of hydrogen-bond donors (Lipinski definition) is 2. The van der Waals surface area contributed by atoms with Gasteiger partial charge in [0.25, 0.3) is 0 Å². The zero-order valence-electron chi connectivity index (χ0n) is 10.7. The lowest BCUT2D eigenvalue weighted by molar-refractivity contribution is -0.138. The summed E-state index contributed by atoms with van der Waals surface area (Å²) >= 11 is 0. The van der Waals surface area contributed by atoms with Gasteiger partial charge in [-0.15, -0.1) is 0 Å². The first-order chi connectivity index (χ1) is 8.43. The molecule has 1 aromatic carbocycles. The molecule has 0 spiro atoms. The van der Waals surface area contributed by atoms with Crippen molar-refractivity contribution >= 4 is 16.9 Å². The van der Waals surface area contributed by atoms with E-state index in [1.54, 1.807) is 19.1 Å². The van der Waals surface area contributed by atoms with Gasteiger partial charge in [-0.1, -0.05) is 12.1 Å². The summed E-state index contributed by atoms with van der Waals surface area (Å²) in [5, 5.41) is 19.9. The quantitative estimate of drug-likeness (QED) is 0.876. The molecule has 1 unspecified atom stereocenters. The molecule has 18 heavy (non-hydrogen) atoms. The van der Waals surface area contributed by atoms with Crippen molar-refractivity contribution in [2.75, 3.05) is 0 Å². The molecule has 0 bridgehead atoms. The molecule has 0 amide bonds. The Morgan fingerprint density at radius 1 is 1.28 bits per heavy atom. The monoisotopic (exact) mass is 247 g/mol. The fourth-order valence-corrected chi connectivity index (χ4v) is 2.20. The predicted octanol–water partition coefficient (Wildman–Crippen LogP) is 3.12. The van der Waals surface area contributed by atoms with Gasteiger partial charge < -0.3 is 14.8 Å². The van der Waals surface area contributed by atoms with Gasteiger partial charge in [0.1, 0.15) is 5.75 Å². The highest BCUT2D eigenvalue weighted by atomic mass is 16.4. The van der Waals surface area contributed by atoms with E-state index in [0.717, 1.165) is 10.9 Å². The van der Waals surface area contributed by atoms with Crippen LogP contribution in [0.1, 0.15) is 38.3 Å². The van der Waals surface area contributed by atoms with E-state index in [4.69, 9.17) is 5.11 Å². The maximum absolute atomic E-state index is 11.1. The molecule has 96 valence electrons. The van der Waals surface area contributed by atoms with Crippen LogP contribution in [-0.4, -0.2) is 20.7 Å². The number of para-hydroxylation sites is 1. The molecule has 0 fully saturated rings. The fraction of sp³-hybridized carbons (Fsp3) is 0.357. The summed E-state index contributed by atoms with van der Waals surface area (Å²) in [6.07, 6.45) is 1.83. The van der Waals surface area contributed by atoms with Crippen molar-refractivity contribution < 1.29 is 15.0 Å². The number of carbonyl (C=O) groups is 1. The van der Waals surface area contributed by atoms with Crippen molar-refractivity contribution in [3.63, 3.8) is 0 Å². The maximum Gasteiger partial charge on any atom is 0.310 e. The van der Waals surface area contributed by atoms with Crippen LogP contribution < -0.4 is 0 Å². The van der Waals surface area contributed by atoms with Crippen molar-refractivity contribution in [3.05, 3.63) is 30.0 Å². The third-order valence-corrected chi connectivity index (χ3v) is 3.26. The Labute approximate surface area is 105 Å². The van der Waals surface area contributed by atoms with Gasteiger partial charge in [-0.2, -0.15) is 0 Å². The molecule has 1 atom stereocenters. The normalized spacial score (nSPS) is 13.1. The molecule has 4 heteroatoms. The molecule has 4 nitrogen and oxygen atoms in total. The first-order valence-electron chi connectivity index (χ1n) is 5.98. The summed E-state index contributed by atoms with van der Waals surface area (Å²) in [5.74, 6) is -1.26. The standard InChI is InChI=1S/C14H17NO3/c1-8(2)15-7-11(9(3)14(17)18)10-5-4-6-12(16)13(10)15/h4-9,16H,1-3H3,(H,17,18). The Balaban J connectivity index is 2.77. The Bertz CT molecular complexity index is 598. The second kappa shape index (κ2) is 4.37. The minimum Gasteiger partial charge on any atom is -0.506 e. The van der Waals surface area contributed by atoms with Gasteiger partial charge in [-0.05, 0) is 32.4 Å². The molecule has 2 aromatic rings. The molecule has 0 radical (unpaired) electrons. The van der Waals surface area contributed by atoms with Crippen molar-refractivity contribution in [1.82, 2.24) is 4.57 Å². The molecular weight excluding hydrogens is 230 g/mol. The Morgan fingerprint density at radius 2 is 1.94 bits per heavy atom. The second-order valence-corrected chi connectivity index (χ2v) is 4.82. The highest BCUT2D eigenvalue weighted by molar-refractivity contribution is 5.93. The van der Waals surface area contributed by atoms with Gasteiger partial charge in [0, 0.05) is 17.6 Å². The summed E-state index contributed by atoms with van der Waals surface area (Å²) in [5.41, 5.74) is 1.44. The van der Waals surface area contributed by atoms with Crippen LogP contribution >= 0.6 is 0 Å². The number of carboxylic acids is 1.